The normalized spacial score (nSPS) is 19.1. The summed E-state index contributed by atoms with van der Waals surface area (Å²) in [4.78, 5) is 47.3. The van der Waals surface area contributed by atoms with Crippen molar-refractivity contribution in [3.05, 3.63) is 6.33 Å². The second-order valence-corrected chi connectivity index (χ2v) is 8.54. The number of piperidine rings is 1. The number of carbonyl (C=O) groups excluding carboxylic acids is 2. The maximum atomic E-state index is 12.8. The summed E-state index contributed by atoms with van der Waals surface area (Å²) in [6.07, 6.45) is 5.89. The molecule has 2 N–H and O–H groups in total. The Hall–Kier alpha value is -2.91. The summed E-state index contributed by atoms with van der Waals surface area (Å²) >= 11 is 0. The maximum Gasteiger partial charge on any atom is 0.227 e. The van der Waals surface area contributed by atoms with Gasteiger partial charge in [-0.05, 0) is 39.5 Å². The van der Waals surface area contributed by atoms with Gasteiger partial charge in [0.2, 0.25) is 17.8 Å². The first-order chi connectivity index (χ1) is 15.6. The molecule has 0 saturated carbocycles. The van der Waals surface area contributed by atoms with Gasteiger partial charge in [0, 0.05) is 52.2 Å². The number of anilines is 2. The van der Waals surface area contributed by atoms with Crippen LogP contribution in [0.15, 0.2) is 6.33 Å². The van der Waals surface area contributed by atoms with Crippen LogP contribution in [0.4, 0.5) is 11.8 Å². The molecule has 2 fully saturated rings. The van der Waals surface area contributed by atoms with Gasteiger partial charge in [-0.2, -0.15) is 4.98 Å². The average molecular weight is 443 g/mol. The number of aromatic nitrogens is 4. The third kappa shape index (κ3) is 4.78. The fraction of sp³-hybridized carbons (Fsp3) is 0.682. The Balaban J connectivity index is 1.40. The molecule has 10 heteroatoms. The van der Waals surface area contributed by atoms with E-state index < -0.39 is 0 Å². The van der Waals surface area contributed by atoms with Crippen LogP contribution in [0.2, 0.25) is 0 Å². The number of amides is 2. The van der Waals surface area contributed by atoms with Crippen molar-refractivity contribution < 1.29 is 9.59 Å². The minimum Gasteiger partial charge on any atom is -0.368 e. The van der Waals surface area contributed by atoms with Crippen LogP contribution >= 0.6 is 0 Å². The third-order valence-electron chi connectivity index (χ3n) is 6.49. The molecule has 0 bridgehead atoms. The molecule has 0 aromatic carbocycles. The number of hydrogen-bond acceptors (Lipinski definition) is 7. The first kappa shape index (κ1) is 22.3. The van der Waals surface area contributed by atoms with Crippen LogP contribution in [0.1, 0.15) is 46.0 Å². The maximum absolute atomic E-state index is 12.8. The Bertz CT molecular complexity index is 941. The number of nitrogens with one attached hydrogen (secondary N) is 2. The van der Waals surface area contributed by atoms with Crippen LogP contribution in [0.5, 0.6) is 0 Å². The van der Waals surface area contributed by atoms with Gasteiger partial charge < -0.3 is 25.0 Å². The van der Waals surface area contributed by atoms with Gasteiger partial charge in [0.1, 0.15) is 11.8 Å². The molecule has 0 aliphatic carbocycles. The standard InChI is InChI=1S/C22H34N8O2/c1-3-28(4-2)21(32)16-8-5-12-30(14-16)22-26-18-19(24-15-25-20(18)27-22)23-10-7-13-29-11-6-9-17(29)31/h15-16H,3-14H2,1-2H3,(H2,23,24,25,26,27). The number of rotatable bonds is 9. The van der Waals surface area contributed by atoms with E-state index in [1.54, 1.807) is 0 Å². The van der Waals surface area contributed by atoms with Gasteiger partial charge in [-0.1, -0.05) is 0 Å². The molecular formula is C22H34N8O2. The number of carbonyl (C=O) groups is 2. The van der Waals surface area contributed by atoms with E-state index in [9.17, 15) is 9.59 Å². The van der Waals surface area contributed by atoms with Gasteiger partial charge in [-0.25, -0.2) is 9.97 Å². The zero-order chi connectivity index (χ0) is 22.5. The Morgan fingerprint density at radius 1 is 1.25 bits per heavy atom. The van der Waals surface area contributed by atoms with Crippen molar-refractivity contribution in [2.24, 2.45) is 5.92 Å². The number of aromatic amines is 1. The topological polar surface area (TPSA) is 110 Å². The number of nitrogens with zero attached hydrogens (tertiary/aromatic N) is 6. The molecule has 10 nitrogen and oxygen atoms in total. The number of hydrogen-bond donors (Lipinski definition) is 2. The van der Waals surface area contributed by atoms with Crippen molar-refractivity contribution in [2.75, 3.05) is 56.0 Å². The van der Waals surface area contributed by atoms with E-state index >= 15 is 0 Å². The highest BCUT2D eigenvalue weighted by atomic mass is 16.2. The first-order valence-corrected chi connectivity index (χ1v) is 11.9. The lowest BCUT2D eigenvalue weighted by atomic mass is 9.96. The summed E-state index contributed by atoms with van der Waals surface area (Å²) in [5, 5.41) is 3.36. The zero-order valence-corrected chi connectivity index (χ0v) is 19.1. The highest BCUT2D eigenvalue weighted by molar-refractivity contribution is 5.85. The number of imidazole rings is 1. The van der Waals surface area contributed by atoms with E-state index in [4.69, 9.17) is 0 Å². The highest BCUT2D eigenvalue weighted by Gasteiger charge is 2.30. The fourth-order valence-corrected chi connectivity index (χ4v) is 4.68. The highest BCUT2D eigenvalue weighted by Crippen LogP contribution is 2.26. The summed E-state index contributed by atoms with van der Waals surface area (Å²) in [5.74, 6) is 1.94. The summed E-state index contributed by atoms with van der Waals surface area (Å²) in [5.41, 5.74) is 1.39. The van der Waals surface area contributed by atoms with Gasteiger partial charge in [-0.15, -0.1) is 0 Å². The van der Waals surface area contributed by atoms with Crippen molar-refractivity contribution in [2.45, 2.75) is 46.0 Å². The summed E-state index contributed by atoms with van der Waals surface area (Å²) in [6, 6.07) is 0. The Labute approximate surface area is 188 Å². The Morgan fingerprint density at radius 3 is 2.84 bits per heavy atom. The lowest BCUT2D eigenvalue weighted by Crippen LogP contribution is -2.45. The fourth-order valence-electron chi connectivity index (χ4n) is 4.68. The van der Waals surface area contributed by atoms with E-state index in [2.05, 4.69) is 30.2 Å². The van der Waals surface area contributed by atoms with Crippen LogP contribution in [0.3, 0.4) is 0 Å². The molecule has 4 rings (SSSR count). The van der Waals surface area contributed by atoms with Crippen molar-refractivity contribution in [3.63, 3.8) is 0 Å². The van der Waals surface area contributed by atoms with Gasteiger partial charge in [0.05, 0.1) is 5.92 Å². The van der Waals surface area contributed by atoms with Gasteiger partial charge in [-0.3, -0.25) is 9.59 Å². The number of fused-ring (bicyclic) bond motifs is 1. The van der Waals surface area contributed by atoms with E-state index in [0.29, 0.717) is 31.0 Å². The molecule has 0 spiro atoms. The van der Waals surface area contributed by atoms with Gasteiger partial charge >= 0.3 is 0 Å². The predicted octanol–water partition coefficient (Wildman–Crippen LogP) is 1.86. The Kier molecular flexibility index (Phi) is 7.06. The third-order valence-corrected chi connectivity index (χ3v) is 6.49. The zero-order valence-electron chi connectivity index (χ0n) is 19.1. The quantitative estimate of drug-likeness (QED) is 0.570. The lowest BCUT2D eigenvalue weighted by molar-refractivity contribution is -0.135. The van der Waals surface area contributed by atoms with Crippen LogP contribution < -0.4 is 10.2 Å². The van der Waals surface area contributed by atoms with E-state index in [1.165, 1.54) is 6.33 Å². The minimum absolute atomic E-state index is 0.00570. The van der Waals surface area contributed by atoms with Crippen molar-refractivity contribution >= 4 is 34.7 Å². The van der Waals surface area contributed by atoms with Crippen molar-refractivity contribution in [3.8, 4) is 0 Å². The van der Waals surface area contributed by atoms with E-state index in [-0.39, 0.29) is 17.7 Å². The summed E-state index contributed by atoms with van der Waals surface area (Å²) in [7, 11) is 0. The molecule has 1 atom stereocenters. The average Bonchev–Trinajstić information content (AvgIpc) is 3.44. The molecule has 2 aliphatic heterocycles. The molecule has 4 heterocycles. The molecular weight excluding hydrogens is 408 g/mol. The monoisotopic (exact) mass is 442 g/mol. The molecule has 2 aliphatic rings. The summed E-state index contributed by atoms with van der Waals surface area (Å²) < 4.78 is 0. The van der Waals surface area contributed by atoms with Crippen molar-refractivity contribution in [1.29, 1.82) is 0 Å². The predicted molar refractivity (Wildman–Crippen MR) is 123 cm³/mol. The van der Waals surface area contributed by atoms with Crippen LogP contribution in [0.25, 0.3) is 11.2 Å². The van der Waals surface area contributed by atoms with E-state index in [1.807, 2.05) is 23.6 Å². The smallest absolute Gasteiger partial charge is 0.227 e. The molecule has 2 amide bonds. The molecule has 2 aromatic rings. The second-order valence-electron chi connectivity index (χ2n) is 8.54. The van der Waals surface area contributed by atoms with Crippen LogP contribution in [0, 0.1) is 5.92 Å². The molecule has 174 valence electrons. The largest absolute Gasteiger partial charge is 0.368 e. The van der Waals surface area contributed by atoms with Gasteiger partial charge in [0.15, 0.2) is 11.5 Å². The summed E-state index contributed by atoms with van der Waals surface area (Å²) in [6.45, 7) is 9.42. The SMILES string of the molecule is CCN(CC)C(=O)C1CCCN(c2nc3ncnc(NCCCN4CCCC4=O)c3[nH]2)C1. The molecule has 32 heavy (non-hydrogen) atoms. The molecule has 0 radical (unpaired) electrons. The minimum atomic E-state index is -0.00570. The van der Waals surface area contributed by atoms with Gasteiger partial charge in [0.25, 0.3) is 0 Å². The molecule has 1 unspecified atom stereocenters. The number of H-pyrrole nitrogens is 1. The second kappa shape index (κ2) is 10.1. The van der Waals surface area contributed by atoms with Crippen molar-refractivity contribution in [1.82, 2.24) is 29.7 Å². The molecule has 2 aromatic heterocycles. The lowest BCUT2D eigenvalue weighted by Gasteiger charge is -2.34. The van der Waals surface area contributed by atoms with E-state index in [0.717, 1.165) is 69.9 Å². The van der Waals surface area contributed by atoms with Crippen LogP contribution in [-0.2, 0) is 9.59 Å². The number of likely N-dealkylation sites (tertiary alicyclic amines) is 1. The van der Waals surface area contributed by atoms with Crippen LogP contribution in [-0.4, -0.2) is 87.4 Å². The molecule has 2 saturated heterocycles. The Morgan fingerprint density at radius 2 is 2.09 bits per heavy atom. The first-order valence-electron chi connectivity index (χ1n) is 11.9.